The van der Waals surface area contributed by atoms with Crippen molar-refractivity contribution in [3.8, 4) is 6.07 Å². The summed E-state index contributed by atoms with van der Waals surface area (Å²) in [6.07, 6.45) is 0. The molecule has 0 aliphatic rings. The molecule has 5 nitrogen and oxygen atoms in total. The zero-order valence-electron chi connectivity index (χ0n) is 12.9. The average Bonchev–Trinajstić information content (AvgIpc) is 2.44. The molecule has 1 aromatic carbocycles. The van der Waals surface area contributed by atoms with Crippen LogP contribution in [0.5, 0.6) is 0 Å². The third kappa shape index (κ3) is 4.32. The van der Waals surface area contributed by atoms with Gasteiger partial charge in [-0.1, -0.05) is 26.0 Å². The highest BCUT2D eigenvalue weighted by molar-refractivity contribution is 6.00. The highest BCUT2D eigenvalue weighted by Gasteiger charge is 2.29. The Morgan fingerprint density at radius 1 is 1.33 bits per heavy atom. The number of carbonyl (C=O) groups excluding carboxylic acids is 2. The Kier molecular flexibility index (Phi) is 5.48. The smallest absolute Gasteiger partial charge is 0.240 e. The molecule has 1 atom stereocenters. The summed E-state index contributed by atoms with van der Waals surface area (Å²) in [4.78, 5) is 23.5. The summed E-state index contributed by atoms with van der Waals surface area (Å²) >= 11 is 0. The SMILES string of the molecule is CC(=O)c1ccccc1NCC(=O)NC(C)(C#N)C(C)C. The van der Waals surface area contributed by atoms with E-state index in [1.807, 2.05) is 13.8 Å². The number of para-hydroxylation sites is 1. The molecule has 1 aromatic rings. The predicted molar refractivity (Wildman–Crippen MR) is 81.9 cm³/mol. The first-order chi connectivity index (χ1) is 9.80. The molecule has 0 saturated carbocycles. The van der Waals surface area contributed by atoms with E-state index in [4.69, 9.17) is 0 Å². The number of anilines is 1. The van der Waals surface area contributed by atoms with Gasteiger partial charge in [0.1, 0.15) is 5.54 Å². The van der Waals surface area contributed by atoms with Gasteiger partial charge in [0.25, 0.3) is 0 Å². The topological polar surface area (TPSA) is 82.0 Å². The van der Waals surface area contributed by atoms with Gasteiger partial charge in [-0.25, -0.2) is 0 Å². The summed E-state index contributed by atoms with van der Waals surface area (Å²) in [5.41, 5.74) is 0.249. The minimum absolute atomic E-state index is 0.00374. The molecule has 0 aliphatic carbocycles. The number of nitriles is 1. The zero-order valence-corrected chi connectivity index (χ0v) is 12.9. The van der Waals surface area contributed by atoms with Gasteiger partial charge in [-0.2, -0.15) is 5.26 Å². The first-order valence-electron chi connectivity index (χ1n) is 6.86. The molecule has 0 bridgehead atoms. The van der Waals surface area contributed by atoms with Crippen molar-refractivity contribution in [2.24, 2.45) is 5.92 Å². The molecule has 0 aromatic heterocycles. The number of ketones is 1. The molecular formula is C16H21N3O2. The molecule has 21 heavy (non-hydrogen) atoms. The molecule has 2 N–H and O–H groups in total. The van der Waals surface area contributed by atoms with Crippen molar-refractivity contribution < 1.29 is 9.59 Å². The average molecular weight is 287 g/mol. The van der Waals surface area contributed by atoms with E-state index in [1.54, 1.807) is 31.2 Å². The zero-order chi connectivity index (χ0) is 16.0. The number of nitrogens with zero attached hydrogens (tertiary/aromatic N) is 1. The van der Waals surface area contributed by atoms with E-state index in [-0.39, 0.29) is 24.2 Å². The van der Waals surface area contributed by atoms with Crippen LogP contribution in [-0.4, -0.2) is 23.8 Å². The highest BCUT2D eigenvalue weighted by atomic mass is 16.2. The monoisotopic (exact) mass is 287 g/mol. The van der Waals surface area contributed by atoms with Gasteiger partial charge < -0.3 is 10.6 Å². The Balaban J connectivity index is 2.71. The van der Waals surface area contributed by atoms with Crippen LogP contribution in [-0.2, 0) is 4.79 Å². The van der Waals surface area contributed by atoms with Crippen LogP contribution in [0.25, 0.3) is 0 Å². The van der Waals surface area contributed by atoms with E-state index < -0.39 is 5.54 Å². The van der Waals surface area contributed by atoms with Crippen LogP contribution >= 0.6 is 0 Å². The van der Waals surface area contributed by atoms with Gasteiger partial charge >= 0.3 is 0 Å². The van der Waals surface area contributed by atoms with Crippen molar-refractivity contribution in [1.29, 1.82) is 5.26 Å². The second kappa shape index (κ2) is 6.89. The summed E-state index contributed by atoms with van der Waals surface area (Å²) < 4.78 is 0. The molecule has 0 heterocycles. The third-order valence-corrected chi connectivity index (χ3v) is 3.53. The quantitative estimate of drug-likeness (QED) is 0.787. The second-order valence-electron chi connectivity index (χ2n) is 5.47. The molecule has 1 unspecified atom stereocenters. The minimum Gasteiger partial charge on any atom is -0.376 e. The lowest BCUT2D eigenvalue weighted by atomic mass is 9.90. The van der Waals surface area contributed by atoms with Crippen molar-refractivity contribution in [2.45, 2.75) is 33.2 Å². The van der Waals surface area contributed by atoms with E-state index in [0.717, 1.165) is 0 Å². The molecular weight excluding hydrogens is 266 g/mol. The fourth-order valence-corrected chi connectivity index (χ4v) is 1.75. The summed E-state index contributed by atoms with van der Waals surface area (Å²) in [6, 6.07) is 9.14. The van der Waals surface area contributed by atoms with Gasteiger partial charge in [-0.05, 0) is 31.9 Å². The first-order valence-corrected chi connectivity index (χ1v) is 6.86. The maximum atomic E-state index is 12.0. The fourth-order valence-electron chi connectivity index (χ4n) is 1.75. The maximum absolute atomic E-state index is 12.0. The van der Waals surface area contributed by atoms with E-state index in [9.17, 15) is 14.9 Å². The lowest BCUT2D eigenvalue weighted by Gasteiger charge is -2.27. The van der Waals surface area contributed by atoms with Crippen LogP contribution in [0.1, 0.15) is 38.1 Å². The number of carbonyl (C=O) groups is 2. The number of benzene rings is 1. The molecule has 0 spiro atoms. The highest BCUT2D eigenvalue weighted by Crippen LogP contribution is 2.16. The van der Waals surface area contributed by atoms with Gasteiger partial charge in [0.2, 0.25) is 5.91 Å². The number of nitrogens with one attached hydrogen (secondary N) is 2. The summed E-state index contributed by atoms with van der Waals surface area (Å²) in [6.45, 7) is 6.93. The van der Waals surface area contributed by atoms with Crippen molar-refractivity contribution >= 4 is 17.4 Å². The van der Waals surface area contributed by atoms with Crippen molar-refractivity contribution in [3.05, 3.63) is 29.8 Å². The van der Waals surface area contributed by atoms with E-state index in [1.165, 1.54) is 6.92 Å². The molecule has 0 radical (unpaired) electrons. The Labute approximate surface area is 125 Å². The van der Waals surface area contributed by atoms with Gasteiger partial charge in [-0.15, -0.1) is 0 Å². The molecule has 0 aliphatic heterocycles. The van der Waals surface area contributed by atoms with E-state index >= 15 is 0 Å². The van der Waals surface area contributed by atoms with Crippen molar-refractivity contribution in [3.63, 3.8) is 0 Å². The molecule has 1 rings (SSSR count). The Bertz CT molecular complexity index is 575. The van der Waals surface area contributed by atoms with Gasteiger partial charge in [0.15, 0.2) is 5.78 Å². The lowest BCUT2D eigenvalue weighted by molar-refractivity contribution is -0.121. The Morgan fingerprint density at radius 3 is 2.48 bits per heavy atom. The van der Waals surface area contributed by atoms with Crippen LogP contribution in [0.3, 0.4) is 0 Å². The Morgan fingerprint density at radius 2 is 1.95 bits per heavy atom. The van der Waals surface area contributed by atoms with Crippen LogP contribution in [0.4, 0.5) is 5.69 Å². The fraction of sp³-hybridized carbons (Fsp3) is 0.438. The standard InChI is InChI=1S/C16H21N3O2/c1-11(2)16(4,10-17)19-15(21)9-18-14-8-6-5-7-13(14)12(3)20/h5-8,11,18H,9H2,1-4H3,(H,19,21). The number of hydrogen-bond acceptors (Lipinski definition) is 4. The molecule has 5 heteroatoms. The molecule has 0 saturated heterocycles. The molecule has 0 fully saturated rings. The van der Waals surface area contributed by atoms with E-state index in [0.29, 0.717) is 11.3 Å². The number of amides is 1. The molecule has 112 valence electrons. The van der Waals surface area contributed by atoms with Gasteiger partial charge in [-0.3, -0.25) is 9.59 Å². The predicted octanol–water partition coefficient (Wildman–Crippen LogP) is 2.36. The number of rotatable bonds is 6. The van der Waals surface area contributed by atoms with Crippen molar-refractivity contribution in [2.75, 3.05) is 11.9 Å². The number of Topliss-reactive ketones (excluding diaryl/α,β-unsaturated/α-hetero) is 1. The van der Waals surface area contributed by atoms with Gasteiger partial charge in [0.05, 0.1) is 12.6 Å². The van der Waals surface area contributed by atoms with Crippen LogP contribution in [0.2, 0.25) is 0 Å². The van der Waals surface area contributed by atoms with Crippen LogP contribution in [0.15, 0.2) is 24.3 Å². The van der Waals surface area contributed by atoms with Crippen LogP contribution < -0.4 is 10.6 Å². The summed E-state index contributed by atoms with van der Waals surface area (Å²) in [5.74, 6) is -0.357. The first kappa shape index (κ1) is 16.7. The van der Waals surface area contributed by atoms with E-state index in [2.05, 4.69) is 16.7 Å². The lowest BCUT2D eigenvalue weighted by Crippen LogP contribution is -2.50. The van der Waals surface area contributed by atoms with Crippen LogP contribution in [0, 0.1) is 17.2 Å². The summed E-state index contributed by atoms with van der Waals surface area (Å²) in [7, 11) is 0. The normalized spacial score (nSPS) is 13.1. The number of hydrogen-bond donors (Lipinski definition) is 2. The molecule has 1 amide bonds. The largest absolute Gasteiger partial charge is 0.376 e. The Hall–Kier alpha value is -2.35. The third-order valence-electron chi connectivity index (χ3n) is 3.53. The minimum atomic E-state index is -0.904. The van der Waals surface area contributed by atoms with Crippen molar-refractivity contribution in [1.82, 2.24) is 5.32 Å². The maximum Gasteiger partial charge on any atom is 0.240 e. The summed E-state index contributed by atoms with van der Waals surface area (Å²) in [5, 5.41) is 14.8. The van der Waals surface area contributed by atoms with Gasteiger partial charge in [0, 0.05) is 11.3 Å². The second-order valence-corrected chi connectivity index (χ2v) is 5.47.